The van der Waals surface area contributed by atoms with Crippen LogP contribution in [0.25, 0.3) is 0 Å². The number of ether oxygens (including phenoxy) is 2. The van der Waals surface area contributed by atoms with Gasteiger partial charge in [-0.1, -0.05) is 6.07 Å². The molecule has 0 spiro atoms. The fourth-order valence-electron chi connectivity index (χ4n) is 2.40. The lowest BCUT2D eigenvalue weighted by Crippen LogP contribution is -2.34. The zero-order valence-electron chi connectivity index (χ0n) is 14.5. The summed E-state index contributed by atoms with van der Waals surface area (Å²) in [6, 6.07) is 9.47. The molecule has 0 saturated heterocycles. The molecule has 24 heavy (non-hydrogen) atoms. The van der Waals surface area contributed by atoms with Crippen molar-refractivity contribution in [2.75, 3.05) is 34.4 Å². The Morgan fingerprint density at radius 3 is 2.67 bits per heavy atom. The number of carbonyl (C=O) groups excluding carboxylic acids is 1. The minimum absolute atomic E-state index is 0.123. The van der Waals surface area contributed by atoms with Crippen molar-refractivity contribution >= 4 is 17.2 Å². The third kappa shape index (κ3) is 4.49. The Morgan fingerprint density at radius 2 is 2.08 bits per heavy atom. The van der Waals surface area contributed by atoms with Crippen LogP contribution >= 0.6 is 11.3 Å². The van der Waals surface area contributed by atoms with Crippen LogP contribution in [0.3, 0.4) is 0 Å². The highest BCUT2D eigenvalue weighted by Gasteiger charge is 2.17. The van der Waals surface area contributed by atoms with Gasteiger partial charge >= 0.3 is 0 Å². The number of rotatable bonds is 8. The van der Waals surface area contributed by atoms with Crippen molar-refractivity contribution in [3.63, 3.8) is 0 Å². The molecule has 0 aliphatic carbocycles. The van der Waals surface area contributed by atoms with Crippen molar-refractivity contribution in [1.82, 2.24) is 10.2 Å². The number of thiophene rings is 1. The van der Waals surface area contributed by atoms with E-state index in [0.29, 0.717) is 30.2 Å². The van der Waals surface area contributed by atoms with Gasteiger partial charge in [0.05, 0.1) is 19.8 Å². The molecule has 2 aromatic rings. The summed E-state index contributed by atoms with van der Waals surface area (Å²) in [4.78, 5) is 15.8. The maximum atomic E-state index is 12.5. The molecule has 1 aromatic carbocycles. The van der Waals surface area contributed by atoms with Crippen LogP contribution in [0, 0.1) is 0 Å². The van der Waals surface area contributed by atoms with Gasteiger partial charge in [0.1, 0.15) is 0 Å². The molecule has 1 amide bonds. The van der Waals surface area contributed by atoms with Crippen LogP contribution in [0.2, 0.25) is 0 Å². The topological polar surface area (TPSA) is 50.8 Å². The quantitative estimate of drug-likeness (QED) is 0.796. The van der Waals surface area contributed by atoms with E-state index in [0.717, 1.165) is 0 Å². The molecule has 130 valence electrons. The summed E-state index contributed by atoms with van der Waals surface area (Å²) in [6.07, 6.45) is 0. The SMILES string of the molecule is CCOc1cc(C(=O)NCC(c2cccs2)N(C)C)ccc1OC. The summed E-state index contributed by atoms with van der Waals surface area (Å²) < 4.78 is 10.8. The molecule has 0 bridgehead atoms. The molecule has 5 nitrogen and oxygen atoms in total. The first-order valence-corrected chi connectivity index (χ1v) is 8.73. The highest BCUT2D eigenvalue weighted by Crippen LogP contribution is 2.28. The summed E-state index contributed by atoms with van der Waals surface area (Å²) in [6.45, 7) is 2.96. The summed E-state index contributed by atoms with van der Waals surface area (Å²) >= 11 is 1.69. The molecule has 1 atom stereocenters. The highest BCUT2D eigenvalue weighted by atomic mass is 32.1. The molecule has 0 aliphatic heterocycles. The lowest BCUT2D eigenvalue weighted by Gasteiger charge is -2.23. The summed E-state index contributed by atoms with van der Waals surface area (Å²) in [5.74, 6) is 1.08. The fraction of sp³-hybridized carbons (Fsp3) is 0.389. The first-order valence-electron chi connectivity index (χ1n) is 7.85. The van der Waals surface area contributed by atoms with Gasteiger partial charge in [0.2, 0.25) is 0 Å². The van der Waals surface area contributed by atoms with E-state index in [2.05, 4.69) is 16.3 Å². The smallest absolute Gasteiger partial charge is 0.251 e. The van der Waals surface area contributed by atoms with E-state index in [4.69, 9.17) is 9.47 Å². The van der Waals surface area contributed by atoms with E-state index in [1.54, 1.807) is 36.6 Å². The number of nitrogens with one attached hydrogen (secondary N) is 1. The first kappa shape index (κ1) is 18.3. The van der Waals surface area contributed by atoms with E-state index in [1.807, 2.05) is 32.5 Å². The number of amides is 1. The first-order chi connectivity index (χ1) is 11.6. The van der Waals surface area contributed by atoms with Crippen LogP contribution in [-0.2, 0) is 0 Å². The predicted molar refractivity (Wildman–Crippen MR) is 97.2 cm³/mol. The number of hydrogen-bond donors (Lipinski definition) is 1. The Hall–Kier alpha value is -2.05. The summed E-state index contributed by atoms with van der Waals surface area (Å²) in [5.41, 5.74) is 0.558. The fourth-order valence-corrected chi connectivity index (χ4v) is 3.32. The average molecular weight is 348 g/mol. The van der Waals surface area contributed by atoms with Crippen molar-refractivity contribution in [3.8, 4) is 11.5 Å². The zero-order chi connectivity index (χ0) is 17.5. The molecule has 0 radical (unpaired) electrons. The second-order valence-electron chi connectivity index (χ2n) is 5.50. The lowest BCUT2D eigenvalue weighted by molar-refractivity contribution is 0.0941. The van der Waals surface area contributed by atoms with Crippen LogP contribution in [-0.4, -0.2) is 45.2 Å². The number of nitrogens with zero attached hydrogens (tertiary/aromatic N) is 1. The van der Waals surface area contributed by atoms with Crippen LogP contribution in [0.1, 0.15) is 28.2 Å². The Balaban J connectivity index is 2.07. The second kappa shape index (κ2) is 8.70. The Bertz CT molecular complexity index is 656. The number of hydrogen-bond acceptors (Lipinski definition) is 5. The number of benzene rings is 1. The standard InChI is InChI=1S/C18H24N2O3S/c1-5-23-16-11-13(8-9-15(16)22-4)18(21)19-12-14(20(2)3)17-7-6-10-24-17/h6-11,14H,5,12H2,1-4H3,(H,19,21). The lowest BCUT2D eigenvalue weighted by atomic mass is 10.1. The van der Waals surface area contributed by atoms with E-state index in [1.165, 1.54) is 4.88 Å². The van der Waals surface area contributed by atoms with Crippen molar-refractivity contribution in [3.05, 3.63) is 46.2 Å². The molecule has 1 unspecified atom stereocenters. The molecule has 1 aromatic heterocycles. The number of carbonyl (C=O) groups is 1. The van der Waals surface area contributed by atoms with Crippen LogP contribution in [0.5, 0.6) is 11.5 Å². The minimum atomic E-state index is -0.123. The maximum absolute atomic E-state index is 12.5. The van der Waals surface area contributed by atoms with Crippen molar-refractivity contribution in [2.45, 2.75) is 13.0 Å². The molecule has 0 fully saturated rings. The van der Waals surface area contributed by atoms with Crippen LogP contribution in [0.4, 0.5) is 0 Å². The van der Waals surface area contributed by atoms with Gasteiger partial charge in [0, 0.05) is 17.0 Å². The van der Waals surface area contributed by atoms with E-state index in [-0.39, 0.29) is 11.9 Å². The molecular formula is C18H24N2O3S. The molecule has 1 N–H and O–H groups in total. The molecule has 1 heterocycles. The van der Waals surface area contributed by atoms with E-state index in [9.17, 15) is 4.79 Å². The van der Waals surface area contributed by atoms with E-state index >= 15 is 0 Å². The van der Waals surface area contributed by atoms with Gasteiger partial charge in [-0.2, -0.15) is 0 Å². The summed E-state index contributed by atoms with van der Waals surface area (Å²) in [7, 11) is 5.61. The zero-order valence-corrected chi connectivity index (χ0v) is 15.4. The minimum Gasteiger partial charge on any atom is -0.493 e. The van der Waals surface area contributed by atoms with Crippen LogP contribution < -0.4 is 14.8 Å². The largest absolute Gasteiger partial charge is 0.493 e. The van der Waals surface area contributed by atoms with Gasteiger partial charge in [0.15, 0.2) is 11.5 Å². The van der Waals surface area contributed by atoms with Gasteiger partial charge < -0.3 is 19.7 Å². The third-order valence-electron chi connectivity index (χ3n) is 3.68. The number of methoxy groups -OCH3 is 1. The van der Waals surface area contributed by atoms with Gasteiger partial charge in [-0.3, -0.25) is 4.79 Å². The highest BCUT2D eigenvalue weighted by molar-refractivity contribution is 7.10. The monoisotopic (exact) mass is 348 g/mol. The van der Waals surface area contributed by atoms with Crippen molar-refractivity contribution in [1.29, 1.82) is 0 Å². The van der Waals surface area contributed by atoms with Gasteiger partial charge in [0.25, 0.3) is 5.91 Å². The Kier molecular flexibility index (Phi) is 6.63. The van der Waals surface area contributed by atoms with Gasteiger partial charge in [-0.25, -0.2) is 0 Å². The second-order valence-corrected chi connectivity index (χ2v) is 6.48. The van der Waals surface area contributed by atoms with Crippen LogP contribution in [0.15, 0.2) is 35.7 Å². The van der Waals surface area contributed by atoms with Gasteiger partial charge in [-0.15, -0.1) is 11.3 Å². The molecular weight excluding hydrogens is 324 g/mol. The normalized spacial score (nSPS) is 12.0. The van der Waals surface area contributed by atoms with Crippen molar-refractivity contribution < 1.29 is 14.3 Å². The van der Waals surface area contributed by atoms with E-state index < -0.39 is 0 Å². The average Bonchev–Trinajstić information content (AvgIpc) is 3.09. The molecule has 0 saturated carbocycles. The predicted octanol–water partition coefficient (Wildman–Crippen LogP) is 3.19. The Morgan fingerprint density at radius 1 is 1.29 bits per heavy atom. The number of likely N-dealkylation sites (N-methyl/N-ethyl adjacent to an activating group) is 1. The molecule has 2 rings (SSSR count). The molecule has 6 heteroatoms. The van der Waals surface area contributed by atoms with Crippen molar-refractivity contribution in [2.24, 2.45) is 0 Å². The summed E-state index contributed by atoms with van der Waals surface area (Å²) in [5, 5.41) is 5.05. The van der Waals surface area contributed by atoms with Gasteiger partial charge in [-0.05, 0) is 50.7 Å². The third-order valence-corrected chi connectivity index (χ3v) is 4.65. The molecule has 0 aliphatic rings. The maximum Gasteiger partial charge on any atom is 0.251 e. The Labute approximate surface area is 147 Å².